The highest BCUT2D eigenvalue weighted by atomic mass is 16.5. The molecule has 13 aromatic rings. The molecule has 0 amide bonds. The Kier molecular flexibility index (Phi) is 8.18. The van der Waals surface area contributed by atoms with E-state index in [1.54, 1.807) is 0 Å². The van der Waals surface area contributed by atoms with Gasteiger partial charge in [0.05, 0.1) is 16.4 Å². The zero-order chi connectivity index (χ0) is 45.9. The van der Waals surface area contributed by atoms with Crippen molar-refractivity contribution in [3.63, 3.8) is 0 Å². The van der Waals surface area contributed by atoms with Gasteiger partial charge in [-0.2, -0.15) is 0 Å². The molecule has 3 aromatic heterocycles. The lowest BCUT2D eigenvalue weighted by molar-refractivity contribution is 0.436. The number of fused-ring (bicyclic) bond motifs is 15. The van der Waals surface area contributed by atoms with Gasteiger partial charge in [0.15, 0.2) is 17.5 Å². The molecule has 15 rings (SSSR count). The SMILES string of the molecule is c1ccc(-c2nc(-c3ccccc3)nc(-c3ccc4c(c3)C3(c5ccccc5Oc5ccccc53)c3ccc(-c5ccc6c(c5)c5cc7c(cc5n6-c5ccccc5)oc5ccccc57)cc3-4)n2)cc1. The minimum Gasteiger partial charge on any atom is -0.457 e. The average molecular weight is 895 g/mol. The number of hydrogen-bond acceptors (Lipinski definition) is 5. The van der Waals surface area contributed by atoms with Gasteiger partial charge in [0.2, 0.25) is 0 Å². The molecule has 0 fully saturated rings. The summed E-state index contributed by atoms with van der Waals surface area (Å²) in [5.41, 5.74) is 16.3. The number of nitrogens with zero attached hydrogens (tertiary/aromatic N) is 4. The number of para-hydroxylation sites is 4. The van der Waals surface area contributed by atoms with Crippen LogP contribution in [0.5, 0.6) is 11.5 Å². The largest absolute Gasteiger partial charge is 0.457 e. The monoisotopic (exact) mass is 894 g/mol. The molecule has 4 heterocycles. The second kappa shape index (κ2) is 14.8. The fourth-order valence-electron chi connectivity index (χ4n) is 11.4. The predicted octanol–water partition coefficient (Wildman–Crippen LogP) is 16.0. The number of ether oxygens (including phenoxy) is 1. The van der Waals surface area contributed by atoms with Crippen molar-refractivity contribution in [2.24, 2.45) is 0 Å². The van der Waals surface area contributed by atoms with Gasteiger partial charge in [-0.3, -0.25) is 0 Å². The Balaban J connectivity index is 0.960. The highest BCUT2D eigenvalue weighted by molar-refractivity contribution is 6.18. The van der Waals surface area contributed by atoms with E-state index in [-0.39, 0.29) is 0 Å². The minimum atomic E-state index is -0.700. The maximum Gasteiger partial charge on any atom is 0.164 e. The molecule has 0 unspecified atom stereocenters. The number of furan rings is 1. The van der Waals surface area contributed by atoms with E-state index < -0.39 is 5.41 Å². The second-order valence-corrected chi connectivity index (χ2v) is 18.3. The van der Waals surface area contributed by atoms with Gasteiger partial charge in [-0.1, -0.05) is 164 Å². The predicted molar refractivity (Wildman–Crippen MR) is 281 cm³/mol. The highest BCUT2D eigenvalue weighted by Crippen LogP contribution is 2.63. The van der Waals surface area contributed by atoms with Crippen LogP contribution in [0.2, 0.25) is 0 Å². The molecule has 1 aliphatic carbocycles. The van der Waals surface area contributed by atoms with E-state index in [0.717, 1.165) is 100 Å². The third-order valence-corrected chi connectivity index (χ3v) is 14.5. The quantitative estimate of drug-likeness (QED) is 0.172. The smallest absolute Gasteiger partial charge is 0.164 e. The van der Waals surface area contributed by atoms with E-state index in [0.29, 0.717) is 17.5 Å². The van der Waals surface area contributed by atoms with Crippen LogP contribution < -0.4 is 4.74 Å². The van der Waals surface area contributed by atoms with Crippen LogP contribution in [0.15, 0.2) is 235 Å². The van der Waals surface area contributed by atoms with Crippen molar-refractivity contribution in [2.75, 3.05) is 0 Å². The topological polar surface area (TPSA) is 66.0 Å². The summed E-state index contributed by atoms with van der Waals surface area (Å²) < 4.78 is 15.6. The van der Waals surface area contributed by atoms with Gasteiger partial charge in [0.25, 0.3) is 0 Å². The summed E-state index contributed by atoms with van der Waals surface area (Å²) in [6.45, 7) is 0. The molecule has 10 aromatic carbocycles. The molecule has 0 saturated heterocycles. The maximum absolute atomic E-state index is 6.75. The van der Waals surface area contributed by atoms with Crippen molar-refractivity contribution in [1.29, 1.82) is 0 Å². The Morgan fingerprint density at radius 2 is 0.900 bits per heavy atom. The van der Waals surface area contributed by atoms with Crippen molar-refractivity contribution < 1.29 is 9.15 Å². The molecule has 0 bridgehead atoms. The van der Waals surface area contributed by atoms with Crippen LogP contribution in [-0.2, 0) is 5.41 Å². The van der Waals surface area contributed by atoms with Crippen molar-refractivity contribution in [3.05, 3.63) is 253 Å². The standard InChI is InChI=1S/C64H38N4O2/c1-4-16-39(17-5-1)61-65-62(40-18-6-2-7-19-40)67-63(66-61)43-28-31-45-47-34-41(29-32-51(47)64(54(45)36-43)52-23-11-14-26-58(52)70-59-27-15-12-24-53(59)64)42-30-33-55-48(35-42)49-37-50-46-22-10-13-25-57(46)69-60(50)38-56(49)68(55)44-20-8-3-9-21-44/h1-38H. The summed E-state index contributed by atoms with van der Waals surface area (Å²) >= 11 is 0. The van der Waals surface area contributed by atoms with Crippen LogP contribution in [-0.4, -0.2) is 19.5 Å². The molecule has 1 aliphatic heterocycles. The van der Waals surface area contributed by atoms with Crippen molar-refractivity contribution in [1.82, 2.24) is 19.5 Å². The summed E-state index contributed by atoms with van der Waals surface area (Å²) in [7, 11) is 0. The van der Waals surface area contributed by atoms with Crippen LogP contribution >= 0.6 is 0 Å². The fraction of sp³-hybridized carbons (Fsp3) is 0.0156. The van der Waals surface area contributed by atoms with E-state index in [2.05, 4.69) is 187 Å². The van der Waals surface area contributed by atoms with Gasteiger partial charge < -0.3 is 13.7 Å². The molecular formula is C64H38N4O2. The first-order valence-corrected chi connectivity index (χ1v) is 23.7. The minimum absolute atomic E-state index is 0.611. The first-order valence-electron chi connectivity index (χ1n) is 23.7. The zero-order valence-electron chi connectivity index (χ0n) is 37.5. The van der Waals surface area contributed by atoms with Gasteiger partial charge in [-0.25, -0.2) is 15.0 Å². The summed E-state index contributed by atoms with van der Waals surface area (Å²) in [4.78, 5) is 15.4. The lowest BCUT2D eigenvalue weighted by Gasteiger charge is -2.39. The van der Waals surface area contributed by atoms with Gasteiger partial charge >= 0.3 is 0 Å². The molecule has 0 saturated carbocycles. The average Bonchev–Trinajstić information content (AvgIpc) is 4.05. The van der Waals surface area contributed by atoms with E-state index >= 15 is 0 Å². The Morgan fingerprint density at radius 1 is 0.329 bits per heavy atom. The molecule has 326 valence electrons. The zero-order valence-corrected chi connectivity index (χ0v) is 37.5. The summed E-state index contributed by atoms with van der Waals surface area (Å²) in [5.74, 6) is 3.54. The Hall–Kier alpha value is -9.39. The van der Waals surface area contributed by atoms with Crippen molar-refractivity contribution >= 4 is 43.7 Å². The van der Waals surface area contributed by atoms with E-state index in [4.69, 9.17) is 24.1 Å². The molecule has 6 nitrogen and oxygen atoms in total. The summed E-state index contributed by atoms with van der Waals surface area (Å²) in [6, 6.07) is 81.5. The number of hydrogen-bond donors (Lipinski definition) is 0. The Labute approximate surface area is 402 Å². The van der Waals surface area contributed by atoms with Crippen molar-refractivity contribution in [3.8, 4) is 73.6 Å². The molecule has 1 spiro atoms. The molecule has 6 heteroatoms. The third kappa shape index (κ3) is 5.59. The van der Waals surface area contributed by atoms with Gasteiger partial charge in [0.1, 0.15) is 22.7 Å². The third-order valence-electron chi connectivity index (χ3n) is 14.5. The van der Waals surface area contributed by atoms with Crippen LogP contribution in [0.4, 0.5) is 0 Å². The van der Waals surface area contributed by atoms with E-state index in [1.165, 1.54) is 21.9 Å². The summed E-state index contributed by atoms with van der Waals surface area (Å²) in [5, 5.41) is 4.59. The fourth-order valence-corrected chi connectivity index (χ4v) is 11.4. The van der Waals surface area contributed by atoms with Crippen LogP contribution in [0, 0.1) is 0 Å². The normalized spacial score (nSPS) is 13.1. The molecule has 0 N–H and O–H groups in total. The lowest BCUT2D eigenvalue weighted by atomic mass is 9.66. The number of rotatable bonds is 5. The number of aromatic nitrogens is 4. The molecule has 0 radical (unpaired) electrons. The molecule has 70 heavy (non-hydrogen) atoms. The number of benzene rings is 10. The van der Waals surface area contributed by atoms with Crippen LogP contribution in [0.1, 0.15) is 22.3 Å². The summed E-state index contributed by atoms with van der Waals surface area (Å²) in [6.07, 6.45) is 0. The van der Waals surface area contributed by atoms with Gasteiger partial charge in [-0.05, 0) is 94.0 Å². The highest BCUT2D eigenvalue weighted by Gasteiger charge is 2.51. The Bertz CT molecular complexity index is 4170. The molecule has 0 atom stereocenters. The lowest BCUT2D eigenvalue weighted by Crippen LogP contribution is -2.32. The maximum atomic E-state index is 6.75. The van der Waals surface area contributed by atoms with Crippen molar-refractivity contribution in [2.45, 2.75) is 5.41 Å². The van der Waals surface area contributed by atoms with E-state index in [9.17, 15) is 0 Å². The first kappa shape index (κ1) is 38.7. The molecule has 2 aliphatic rings. The van der Waals surface area contributed by atoms with Crippen LogP contribution in [0.3, 0.4) is 0 Å². The van der Waals surface area contributed by atoms with Crippen LogP contribution in [0.25, 0.3) is 106 Å². The molecular weight excluding hydrogens is 857 g/mol. The van der Waals surface area contributed by atoms with Gasteiger partial charge in [-0.15, -0.1) is 0 Å². The second-order valence-electron chi connectivity index (χ2n) is 18.3. The Morgan fingerprint density at radius 3 is 1.61 bits per heavy atom. The first-order chi connectivity index (χ1) is 34.7. The van der Waals surface area contributed by atoms with Gasteiger partial charge in [0, 0.05) is 61.1 Å². The van der Waals surface area contributed by atoms with E-state index in [1.807, 2.05) is 48.5 Å².